The maximum Gasteiger partial charge on any atom is 0.326 e. The van der Waals surface area contributed by atoms with Crippen LogP contribution >= 0.6 is 0 Å². The third-order valence-electron chi connectivity index (χ3n) is 3.21. The van der Waals surface area contributed by atoms with Crippen LogP contribution in [0, 0.1) is 5.92 Å². The van der Waals surface area contributed by atoms with Gasteiger partial charge in [0.2, 0.25) is 5.91 Å². The quantitative estimate of drug-likeness (QED) is 0.808. The molecule has 2 aromatic rings. The molecule has 0 unspecified atom stereocenters. The van der Waals surface area contributed by atoms with Gasteiger partial charge in [-0.25, -0.2) is 14.5 Å². The van der Waals surface area contributed by atoms with Crippen LogP contribution in [0.2, 0.25) is 0 Å². The monoisotopic (exact) mass is 316 g/mol. The van der Waals surface area contributed by atoms with Gasteiger partial charge in [-0.05, 0) is 12.3 Å². The van der Waals surface area contributed by atoms with E-state index in [1.165, 1.54) is 11.0 Å². The van der Waals surface area contributed by atoms with E-state index >= 15 is 0 Å². The summed E-state index contributed by atoms with van der Waals surface area (Å²) in [6.07, 6.45) is 1.84. The highest BCUT2D eigenvalue weighted by molar-refractivity contribution is 5.83. The van der Waals surface area contributed by atoms with E-state index in [1.54, 1.807) is 0 Å². The van der Waals surface area contributed by atoms with Crippen molar-refractivity contribution in [2.75, 3.05) is 0 Å². The summed E-state index contributed by atoms with van der Waals surface area (Å²) in [6, 6.07) is 8.53. The number of carboxylic acid groups (broad SMARTS) is 1. The van der Waals surface area contributed by atoms with Crippen molar-refractivity contribution in [2.45, 2.75) is 32.9 Å². The standard InChI is InChI=1S/C16H20N4O3/c1-11(2)8-13(16(22)23)18-14(21)9-20-10-17-15(19-20)12-6-4-3-5-7-12/h3-7,10-11,13H,8-9H2,1-2H3,(H,18,21)(H,22,23)/t13-/m0/s1. The van der Waals surface area contributed by atoms with Crippen molar-refractivity contribution >= 4 is 11.9 Å². The van der Waals surface area contributed by atoms with Crippen LogP contribution in [0.1, 0.15) is 20.3 Å². The van der Waals surface area contributed by atoms with Crippen LogP contribution in [-0.2, 0) is 16.1 Å². The Hall–Kier alpha value is -2.70. The molecule has 2 rings (SSSR count). The summed E-state index contributed by atoms with van der Waals surface area (Å²) in [7, 11) is 0. The number of carboxylic acids is 1. The molecule has 0 aliphatic heterocycles. The van der Waals surface area contributed by atoms with Crippen molar-refractivity contribution in [3.63, 3.8) is 0 Å². The van der Waals surface area contributed by atoms with Gasteiger partial charge in [0.25, 0.3) is 0 Å². The number of hydrogen-bond acceptors (Lipinski definition) is 4. The molecular formula is C16H20N4O3. The van der Waals surface area contributed by atoms with Crippen LogP contribution in [0.5, 0.6) is 0 Å². The smallest absolute Gasteiger partial charge is 0.326 e. The number of aliphatic carboxylic acids is 1. The minimum Gasteiger partial charge on any atom is -0.480 e. The fourth-order valence-corrected chi connectivity index (χ4v) is 2.17. The molecule has 1 aromatic carbocycles. The van der Waals surface area contributed by atoms with Crippen LogP contribution in [-0.4, -0.2) is 37.8 Å². The van der Waals surface area contributed by atoms with E-state index in [4.69, 9.17) is 5.11 Å². The zero-order valence-corrected chi connectivity index (χ0v) is 13.1. The molecule has 0 saturated carbocycles. The van der Waals surface area contributed by atoms with Crippen molar-refractivity contribution in [3.8, 4) is 11.4 Å². The summed E-state index contributed by atoms with van der Waals surface area (Å²) in [5.74, 6) is -0.735. The fraction of sp³-hybridized carbons (Fsp3) is 0.375. The summed E-state index contributed by atoms with van der Waals surface area (Å²) < 4.78 is 1.39. The third kappa shape index (κ3) is 4.91. The van der Waals surface area contributed by atoms with E-state index in [9.17, 15) is 9.59 Å². The molecule has 1 aromatic heterocycles. The molecule has 0 spiro atoms. The van der Waals surface area contributed by atoms with E-state index in [0.29, 0.717) is 12.2 Å². The van der Waals surface area contributed by atoms with Crippen molar-refractivity contribution in [2.24, 2.45) is 5.92 Å². The molecule has 0 saturated heterocycles. The van der Waals surface area contributed by atoms with E-state index in [0.717, 1.165) is 5.56 Å². The zero-order valence-electron chi connectivity index (χ0n) is 13.1. The third-order valence-corrected chi connectivity index (χ3v) is 3.21. The number of amides is 1. The minimum atomic E-state index is -1.03. The highest BCUT2D eigenvalue weighted by Crippen LogP contribution is 2.12. The summed E-state index contributed by atoms with van der Waals surface area (Å²) in [4.78, 5) is 27.3. The molecule has 0 aliphatic carbocycles. The summed E-state index contributed by atoms with van der Waals surface area (Å²) in [5, 5.41) is 15.9. The molecule has 1 amide bonds. The number of aromatic nitrogens is 3. The van der Waals surface area contributed by atoms with Crippen molar-refractivity contribution in [3.05, 3.63) is 36.7 Å². The van der Waals surface area contributed by atoms with Gasteiger partial charge in [0.15, 0.2) is 5.82 Å². The highest BCUT2D eigenvalue weighted by atomic mass is 16.4. The topological polar surface area (TPSA) is 97.1 Å². The maximum atomic E-state index is 12.0. The van der Waals surface area contributed by atoms with Crippen molar-refractivity contribution in [1.29, 1.82) is 0 Å². The predicted octanol–water partition coefficient (Wildman–Crippen LogP) is 1.56. The molecule has 0 bridgehead atoms. The number of nitrogens with one attached hydrogen (secondary N) is 1. The van der Waals surface area contributed by atoms with E-state index in [1.807, 2.05) is 44.2 Å². The first-order chi connectivity index (χ1) is 11.0. The lowest BCUT2D eigenvalue weighted by Crippen LogP contribution is -2.43. The molecule has 1 heterocycles. The lowest BCUT2D eigenvalue weighted by Gasteiger charge is -2.16. The zero-order chi connectivity index (χ0) is 16.8. The van der Waals surface area contributed by atoms with E-state index in [-0.39, 0.29) is 12.5 Å². The first-order valence-corrected chi connectivity index (χ1v) is 7.42. The highest BCUT2D eigenvalue weighted by Gasteiger charge is 2.21. The van der Waals surface area contributed by atoms with Gasteiger partial charge in [-0.3, -0.25) is 4.79 Å². The van der Waals surface area contributed by atoms with Gasteiger partial charge < -0.3 is 10.4 Å². The Morgan fingerprint density at radius 1 is 1.26 bits per heavy atom. The number of hydrogen-bond donors (Lipinski definition) is 2. The molecular weight excluding hydrogens is 296 g/mol. The van der Waals surface area contributed by atoms with Gasteiger partial charge in [0.1, 0.15) is 18.9 Å². The number of nitrogens with zero attached hydrogens (tertiary/aromatic N) is 3. The molecule has 0 radical (unpaired) electrons. The average Bonchev–Trinajstić information content (AvgIpc) is 2.95. The average molecular weight is 316 g/mol. The van der Waals surface area contributed by atoms with Gasteiger partial charge in [-0.2, -0.15) is 5.10 Å². The summed E-state index contributed by atoms with van der Waals surface area (Å²) in [5.41, 5.74) is 0.856. The van der Waals surface area contributed by atoms with Crippen molar-refractivity contribution < 1.29 is 14.7 Å². The van der Waals surface area contributed by atoms with Gasteiger partial charge in [0.05, 0.1) is 0 Å². The molecule has 0 aliphatic rings. The Labute approximate surface area is 134 Å². The van der Waals surface area contributed by atoms with E-state index in [2.05, 4.69) is 15.4 Å². The first-order valence-electron chi connectivity index (χ1n) is 7.42. The van der Waals surface area contributed by atoms with Gasteiger partial charge in [-0.15, -0.1) is 0 Å². The molecule has 7 heteroatoms. The predicted molar refractivity (Wildman–Crippen MR) is 84.5 cm³/mol. The van der Waals surface area contributed by atoms with Crippen LogP contribution in [0.3, 0.4) is 0 Å². The Morgan fingerprint density at radius 2 is 1.96 bits per heavy atom. The SMILES string of the molecule is CC(C)C[C@H](NC(=O)Cn1cnc(-c2ccccc2)n1)C(=O)O. The van der Waals surface area contributed by atoms with Crippen LogP contribution in [0.25, 0.3) is 11.4 Å². The molecule has 23 heavy (non-hydrogen) atoms. The second kappa shape index (κ2) is 7.53. The lowest BCUT2D eigenvalue weighted by atomic mass is 10.0. The van der Waals surface area contributed by atoms with Gasteiger partial charge in [-0.1, -0.05) is 44.2 Å². The second-order valence-corrected chi connectivity index (χ2v) is 5.72. The number of benzene rings is 1. The lowest BCUT2D eigenvalue weighted by molar-refractivity contribution is -0.142. The Bertz CT molecular complexity index is 667. The first kappa shape index (κ1) is 16.7. The summed E-state index contributed by atoms with van der Waals surface area (Å²) >= 11 is 0. The Kier molecular flexibility index (Phi) is 5.46. The van der Waals surface area contributed by atoms with Crippen LogP contribution in [0.4, 0.5) is 0 Å². The van der Waals surface area contributed by atoms with Gasteiger partial charge >= 0.3 is 5.97 Å². The van der Waals surface area contributed by atoms with Crippen LogP contribution in [0.15, 0.2) is 36.7 Å². The maximum absolute atomic E-state index is 12.0. The molecule has 7 nitrogen and oxygen atoms in total. The number of carbonyl (C=O) groups excluding carboxylic acids is 1. The molecule has 0 fully saturated rings. The number of rotatable bonds is 7. The largest absolute Gasteiger partial charge is 0.480 e. The molecule has 2 N–H and O–H groups in total. The summed E-state index contributed by atoms with van der Waals surface area (Å²) in [6.45, 7) is 3.75. The fourth-order valence-electron chi connectivity index (χ4n) is 2.17. The number of carbonyl (C=O) groups is 2. The second-order valence-electron chi connectivity index (χ2n) is 5.72. The normalized spacial score (nSPS) is 12.1. The Morgan fingerprint density at radius 3 is 2.57 bits per heavy atom. The van der Waals surface area contributed by atoms with Crippen molar-refractivity contribution in [1.82, 2.24) is 20.1 Å². The molecule has 122 valence electrons. The Balaban J connectivity index is 1.98. The van der Waals surface area contributed by atoms with Gasteiger partial charge in [0, 0.05) is 5.56 Å². The molecule has 1 atom stereocenters. The minimum absolute atomic E-state index is 0.0677. The van der Waals surface area contributed by atoms with E-state index < -0.39 is 17.9 Å². The van der Waals surface area contributed by atoms with Crippen LogP contribution < -0.4 is 5.32 Å².